The highest BCUT2D eigenvalue weighted by atomic mass is 32.2. The van der Waals surface area contributed by atoms with Crippen molar-refractivity contribution in [1.82, 2.24) is 14.1 Å². The first-order chi connectivity index (χ1) is 10.9. The van der Waals surface area contributed by atoms with Gasteiger partial charge in [-0.3, -0.25) is 9.13 Å². The summed E-state index contributed by atoms with van der Waals surface area (Å²) in [6, 6.07) is 1.31. The zero-order chi connectivity index (χ0) is 18.4. The van der Waals surface area contributed by atoms with E-state index in [-0.39, 0.29) is 27.7 Å². The van der Waals surface area contributed by atoms with E-state index in [0.29, 0.717) is 5.52 Å². The van der Waals surface area contributed by atoms with Gasteiger partial charge in [0.05, 0.1) is 11.3 Å². The van der Waals surface area contributed by atoms with Crippen molar-refractivity contribution in [3.05, 3.63) is 22.2 Å². The van der Waals surface area contributed by atoms with E-state index in [9.17, 15) is 18.0 Å². The van der Waals surface area contributed by atoms with E-state index in [2.05, 4.69) is 4.98 Å². The van der Waals surface area contributed by atoms with E-state index in [0.717, 1.165) is 0 Å². The Labute approximate surface area is 140 Å². The highest BCUT2D eigenvalue weighted by molar-refractivity contribution is 7.91. The van der Waals surface area contributed by atoms with Crippen LogP contribution in [-0.2, 0) is 28.7 Å². The third-order valence-corrected chi connectivity index (χ3v) is 5.25. The van der Waals surface area contributed by atoms with Crippen molar-refractivity contribution in [3.8, 4) is 0 Å². The molecule has 0 aliphatic heterocycles. The highest BCUT2D eigenvalue weighted by Crippen LogP contribution is 2.23. The van der Waals surface area contributed by atoms with Crippen LogP contribution in [0.1, 0.15) is 38.2 Å². The van der Waals surface area contributed by atoms with E-state index >= 15 is 0 Å². The first kappa shape index (κ1) is 18.2. The van der Waals surface area contributed by atoms with Crippen molar-refractivity contribution >= 4 is 27.0 Å². The number of hydrogen-bond acceptors (Lipinski definition) is 6. The number of ether oxygens (including phenoxy) is 1. The molecular weight excluding hydrogens is 334 g/mol. The predicted molar refractivity (Wildman–Crippen MR) is 88.9 cm³/mol. The molecule has 2 aromatic rings. The summed E-state index contributed by atoms with van der Waals surface area (Å²) in [4.78, 5) is 28.4. The second-order valence-electron chi connectivity index (χ2n) is 6.48. The number of pyridine rings is 1. The van der Waals surface area contributed by atoms with Crippen LogP contribution < -0.4 is 5.69 Å². The van der Waals surface area contributed by atoms with Gasteiger partial charge in [0.1, 0.15) is 10.5 Å². The van der Waals surface area contributed by atoms with Crippen LogP contribution in [-0.4, -0.2) is 39.9 Å². The lowest BCUT2D eigenvalue weighted by atomic mass is 10.2. The van der Waals surface area contributed by atoms with Crippen LogP contribution in [0, 0.1) is 0 Å². The average molecular weight is 355 g/mol. The van der Waals surface area contributed by atoms with Crippen molar-refractivity contribution in [2.45, 2.75) is 38.2 Å². The van der Waals surface area contributed by atoms with Crippen LogP contribution in [0.15, 0.2) is 15.8 Å². The lowest BCUT2D eigenvalue weighted by Crippen LogP contribution is -2.26. The molecule has 0 N–H and O–H groups in total. The molecule has 0 aromatic carbocycles. The molecule has 0 spiro atoms. The second kappa shape index (κ2) is 5.73. The Kier molecular flexibility index (Phi) is 4.34. The minimum Gasteiger partial charge on any atom is -0.455 e. The maximum atomic E-state index is 12.4. The molecule has 0 amide bonds. The van der Waals surface area contributed by atoms with Gasteiger partial charge in [-0.1, -0.05) is 6.92 Å². The Bertz CT molecular complexity index is 977. The lowest BCUT2D eigenvalue weighted by Gasteiger charge is -2.20. The molecule has 132 valence electrons. The monoisotopic (exact) mass is 355 g/mol. The summed E-state index contributed by atoms with van der Waals surface area (Å²) >= 11 is 0. The van der Waals surface area contributed by atoms with Gasteiger partial charge >= 0.3 is 11.7 Å². The minimum atomic E-state index is -3.73. The van der Waals surface area contributed by atoms with Crippen LogP contribution in [0.2, 0.25) is 0 Å². The number of esters is 1. The van der Waals surface area contributed by atoms with Gasteiger partial charge < -0.3 is 4.74 Å². The molecule has 0 saturated carbocycles. The number of aryl methyl sites for hydroxylation is 2. The number of rotatable bonds is 3. The molecule has 0 radical (unpaired) electrons. The van der Waals surface area contributed by atoms with Gasteiger partial charge in [-0.05, 0) is 26.8 Å². The molecule has 24 heavy (non-hydrogen) atoms. The zero-order valence-corrected chi connectivity index (χ0v) is 15.4. The van der Waals surface area contributed by atoms with Gasteiger partial charge in [0.2, 0.25) is 0 Å². The molecule has 8 nitrogen and oxygen atoms in total. The number of carbonyl (C=O) groups excluding carboxylic acids is 1. The van der Waals surface area contributed by atoms with E-state index in [4.69, 9.17) is 4.74 Å². The summed E-state index contributed by atoms with van der Waals surface area (Å²) in [6.45, 7) is 6.50. The van der Waals surface area contributed by atoms with Crippen LogP contribution in [0.25, 0.3) is 11.2 Å². The molecule has 2 rings (SSSR count). The third kappa shape index (κ3) is 3.08. The maximum absolute atomic E-state index is 12.4. The Morgan fingerprint density at radius 1 is 1.25 bits per heavy atom. The summed E-state index contributed by atoms with van der Waals surface area (Å²) in [6.07, 6.45) is 0. The van der Waals surface area contributed by atoms with Gasteiger partial charge in [-0.2, -0.15) is 0 Å². The fourth-order valence-corrected chi connectivity index (χ4v) is 3.28. The van der Waals surface area contributed by atoms with Gasteiger partial charge in [-0.25, -0.2) is 23.0 Å². The molecule has 0 bridgehead atoms. The standard InChI is InChI=1S/C15H21N3O5S/c1-7-24(21,22)10-8-9-12(18(6)14(20)17(9)5)16-11(10)13(19)23-15(2,3)4/h8H,7H2,1-6H3. The van der Waals surface area contributed by atoms with Crippen molar-refractivity contribution in [1.29, 1.82) is 0 Å². The van der Waals surface area contributed by atoms with E-state index < -0.39 is 21.4 Å². The van der Waals surface area contributed by atoms with Crippen molar-refractivity contribution < 1.29 is 17.9 Å². The zero-order valence-electron chi connectivity index (χ0n) is 14.6. The Morgan fingerprint density at radius 3 is 2.33 bits per heavy atom. The quantitative estimate of drug-likeness (QED) is 0.762. The Morgan fingerprint density at radius 2 is 1.83 bits per heavy atom. The van der Waals surface area contributed by atoms with E-state index in [1.54, 1.807) is 20.8 Å². The summed E-state index contributed by atoms with van der Waals surface area (Å²) in [7, 11) is -0.709. The molecular formula is C15H21N3O5S. The molecule has 0 fully saturated rings. The first-order valence-corrected chi connectivity index (χ1v) is 9.07. The molecule has 0 aliphatic carbocycles. The minimum absolute atomic E-state index is 0.198. The first-order valence-electron chi connectivity index (χ1n) is 7.41. The fraction of sp³-hybridized carbons (Fsp3) is 0.533. The SMILES string of the molecule is CCS(=O)(=O)c1cc2c(nc1C(=O)OC(C)(C)C)n(C)c(=O)n2C. The molecule has 0 saturated heterocycles. The molecule has 0 unspecified atom stereocenters. The van der Waals surface area contributed by atoms with Crippen LogP contribution in [0.5, 0.6) is 0 Å². The largest absolute Gasteiger partial charge is 0.455 e. The third-order valence-electron chi connectivity index (χ3n) is 3.51. The topological polar surface area (TPSA) is 100 Å². The van der Waals surface area contributed by atoms with Gasteiger partial charge in [0, 0.05) is 14.1 Å². The van der Waals surface area contributed by atoms with Gasteiger partial charge in [0.25, 0.3) is 0 Å². The van der Waals surface area contributed by atoms with Gasteiger partial charge in [0.15, 0.2) is 21.2 Å². The Balaban J connectivity index is 2.85. The van der Waals surface area contributed by atoms with E-state index in [1.807, 2.05) is 0 Å². The van der Waals surface area contributed by atoms with Gasteiger partial charge in [-0.15, -0.1) is 0 Å². The maximum Gasteiger partial charge on any atom is 0.358 e. The number of aromatic nitrogens is 3. The van der Waals surface area contributed by atoms with E-state index in [1.165, 1.54) is 36.2 Å². The molecule has 2 heterocycles. The van der Waals surface area contributed by atoms with Crippen LogP contribution >= 0.6 is 0 Å². The number of hydrogen-bond donors (Lipinski definition) is 0. The number of imidazole rings is 1. The summed E-state index contributed by atoms with van der Waals surface area (Å²) in [5.41, 5.74) is -0.914. The molecule has 0 atom stereocenters. The fourth-order valence-electron chi connectivity index (χ4n) is 2.25. The molecule has 2 aromatic heterocycles. The number of carbonyl (C=O) groups is 1. The normalized spacial score (nSPS) is 12.6. The van der Waals surface area contributed by atoms with Crippen molar-refractivity contribution in [2.24, 2.45) is 14.1 Å². The Hall–Kier alpha value is -2.16. The summed E-state index contributed by atoms with van der Waals surface area (Å²) in [5.74, 6) is -1.04. The predicted octanol–water partition coefficient (Wildman–Crippen LogP) is 1.02. The number of fused-ring (bicyclic) bond motifs is 1. The number of sulfone groups is 1. The lowest BCUT2D eigenvalue weighted by molar-refractivity contribution is 0.00584. The smallest absolute Gasteiger partial charge is 0.358 e. The highest BCUT2D eigenvalue weighted by Gasteiger charge is 2.29. The van der Waals surface area contributed by atoms with Crippen LogP contribution in [0.4, 0.5) is 0 Å². The second-order valence-corrected chi connectivity index (χ2v) is 8.73. The van der Waals surface area contributed by atoms with Crippen LogP contribution in [0.3, 0.4) is 0 Å². The molecule has 9 heteroatoms. The van der Waals surface area contributed by atoms with Crippen molar-refractivity contribution in [2.75, 3.05) is 5.75 Å². The summed E-state index contributed by atoms with van der Waals surface area (Å²) < 4.78 is 32.6. The molecule has 0 aliphatic rings. The number of nitrogens with zero attached hydrogens (tertiary/aromatic N) is 3. The average Bonchev–Trinajstić information content (AvgIpc) is 2.69. The summed E-state index contributed by atoms with van der Waals surface area (Å²) in [5, 5.41) is 0. The van der Waals surface area contributed by atoms with Crippen molar-refractivity contribution in [3.63, 3.8) is 0 Å².